The van der Waals surface area contributed by atoms with E-state index in [1.165, 1.54) is 12.1 Å². The predicted octanol–water partition coefficient (Wildman–Crippen LogP) is 2.35. The summed E-state index contributed by atoms with van der Waals surface area (Å²) in [4.78, 5) is 25.0. The number of halogens is 3. The largest absolute Gasteiger partial charge is 0.504 e. The Morgan fingerprint density at radius 2 is 1.54 bits per heavy atom. The molecule has 2 heterocycles. The molecule has 4 aromatic rings. The Morgan fingerprint density at radius 1 is 0.917 bits per heavy atom. The Bertz CT molecular complexity index is 1290. The molecule has 0 saturated carbocycles. The number of pyridine rings is 1. The van der Waals surface area contributed by atoms with Crippen molar-refractivity contribution in [3.8, 4) is 0 Å². The lowest BCUT2D eigenvalue weighted by molar-refractivity contribution is -0.0898. The fraction of sp³-hybridized carbons (Fsp3) is 0.0588. The van der Waals surface area contributed by atoms with Crippen LogP contribution in [-0.2, 0) is 0 Å². The molecule has 24 heavy (non-hydrogen) atoms. The molecule has 2 aromatic carbocycles. The maximum absolute atomic E-state index is 12.9. The predicted molar refractivity (Wildman–Crippen MR) is 83.4 cm³/mol. The van der Waals surface area contributed by atoms with Crippen LogP contribution in [-0.4, -0.2) is 15.7 Å². The van der Waals surface area contributed by atoms with Crippen LogP contribution >= 0.6 is 0 Å². The van der Waals surface area contributed by atoms with Crippen molar-refractivity contribution in [3.63, 3.8) is 0 Å². The third kappa shape index (κ3) is 1.69. The number of aliphatic hydroxyl groups is 1. The van der Waals surface area contributed by atoms with E-state index in [1.807, 2.05) is 0 Å². The molecule has 0 radical (unpaired) electrons. The van der Waals surface area contributed by atoms with E-state index in [2.05, 4.69) is 0 Å². The number of nitrogens with zero attached hydrogens (tertiary/aromatic N) is 1. The molecule has 7 heteroatoms. The fourth-order valence-electron chi connectivity index (χ4n) is 3.11. The first-order valence-corrected chi connectivity index (χ1v) is 6.94. The van der Waals surface area contributed by atoms with Crippen molar-refractivity contribution in [1.29, 1.82) is 0 Å². The molecule has 0 bridgehead atoms. The summed E-state index contributed by atoms with van der Waals surface area (Å²) in [6.07, 6.45) is -5.19. The summed E-state index contributed by atoms with van der Waals surface area (Å²) >= 11 is 0. The number of para-hydroxylation sites is 2. The molecule has 4 rings (SSSR count). The molecule has 0 fully saturated rings. The van der Waals surface area contributed by atoms with Gasteiger partial charge in [-0.1, -0.05) is 30.3 Å². The number of hydrogen-bond acceptors (Lipinski definition) is 3. The average molecular weight is 331 g/mol. The monoisotopic (exact) mass is 331 g/mol. The molecule has 120 valence electrons. The Balaban J connectivity index is 2.49. The Kier molecular flexibility index (Phi) is 2.70. The Labute approximate surface area is 131 Å². The zero-order chi connectivity index (χ0) is 17.2. The molecule has 0 aliphatic heterocycles. The van der Waals surface area contributed by atoms with Gasteiger partial charge in [-0.3, -0.25) is 14.0 Å². The highest BCUT2D eigenvalue weighted by Gasteiger charge is 2.36. The number of fused-ring (bicyclic) bond motifs is 3. The van der Waals surface area contributed by atoms with Gasteiger partial charge in [0.05, 0.1) is 11.0 Å². The second kappa shape index (κ2) is 4.47. The fourth-order valence-corrected chi connectivity index (χ4v) is 3.11. The zero-order valence-electron chi connectivity index (χ0n) is 11.9. The molecule has 0 spiro atoms. The first-order valence-electron chi connectivity index (χ1n) is 6.94. The van der Waals surface area contributed by atoms with Gasteiger partial charge in [0.2, 0.25) is 11.2 Å². The lowest BCUT2D eigenvalue weighted by Crippen LogP contribution is -2.46. The highest BCUT2D eigenvalue weighted by atomic mass is 19.4. The maximum Gasteiger partial charge on any atom is 0.449 e. The zero-order valence-corrected chi connectivity index (χ0v) is 11.9. The van der Waals surface area contributed by atoms with Crippen molar-refractivity contribution in [2.24, 2.45) is 0 Å². The summed E-state index contributed by atoms with van der Waals surface area (Å²) in [5.41, 5.74) is -1.67. The molecule has 0 unspecified atom stereocenters. The van der Waals surface area contributed by atoms with Gasteiger partial charge in [0.15, 0.2) is 0 Å². The number of alkyl halides is 3. The van der Waals surface area contributed by atoms with Crippen LogP contribution in [0.15, 0.2) is 52.1 Å². The summed E-state index contributed by atoms with van der Waals surface area (Å²) in [6, 6.07) is 11.2. The van der Waals surface area contributed by atoms with Crippen LogP contribution in [0.25, 0.3) is 33.0 Å². The SMILES string of the molecule is O=c1c(=C(O)C(F)(F)F)c(=O)n2c3ccccc3c3cccc1c32. The van der Waals surface area contributed by atoms with Crippen LogP contribution in [0.2, 0.25) is 0 Å². The topological polar surface area (TPSA) is 58.8 Å². The number of rotatable bonds is 0. The van der Waals surface area contributed by atoms with Crippen LogP contribution in [0.1, 0.15) is 0 Å². The van der Waals surface area contributed by atoms with E-state index < -0.39 is 28.1 Å². The van der Waals surface area contributed by atoms with E-state index in [-0.39, 0.29) is 10.9 Å². The number of aliphatic hydroxyl groups excluding tert-OH is 1. The van der Waals surface area contributed by atoms with E-state index >= 15 is 0 Å². The lowest BCUT2D eigenvalue weighted by Gasteiger charge is -2.05. The van der Waals surface area contributed by atoms with E-state index in [1.54, 1.807) is 30.3 Å². The smallest absolute Gasteiger partial charge is 0.449 e. The highest BCUT2D eigenvalue weighted by Crippen LogP contribution is 2.29. The molecule has 0 aliphatic carbocycles. The Hall–Kier alpha value is -3.09. The molecule has 0 amide bonds. The maximum atomic E-state index is 12.9. The summed E-state index contributed by atoms with van der Waals surface area (Å²) in [5, 5.41) is 9.37. The molecular weight excluding hydrogens is 323 g/mol. The minimum atomic E-state index is -5.19. The second-order valence-corrected chi connectivity index (χ2v) is 5.41. The summed E-state index contributed by atoms with van der Waals surface area (Å²) < 4.78 is 39.7. The van der Waals surface area contributed by atoms with Gasteiger partial charge in [0.25, 0.3) is 5.56 Å². The standard InChI is InChI=1S/C17H8F3NO3/c18-17(19,20)15(23)12-14(22)10-6-3-5-9-8-4-1-2-7-11(8)21(13(9)10)16(12)24/h1-7,23H. The third-order valence-corrected chi connectivity index (χ3v) is 4.09. The van der Waals surface area contributed by atoms with Gasteiger partial charge in [-0.05, 0) is 12.1 Å². The molecule has 1 N–H and O–H groups in total. The minimum absolute atomic E-state index is 0.0471. The molecule has 2 aromatic heterocycles. The molecular formula is C17H8F3NO3. The van der Waals surface area contributed by atoms with Crippen LogP contribution in [0.3, 0.4) is 0 Å². The van der Waals surface area contributed by atoms with Gasteiger partial charge < -0.3 is 5.11 Å². The quantitative estimate of drug-likeness (QED) is 0.538. The van der Waals surface area contributed by atoms with E-state index in [4.69, 9.17) is 0 Å². The van der Waals surface area contributed by atoms with Crippen LogP contribution in [0, 0.1) is 0 Å². The van der Waals surface area contributed by atoms with Crippen molar-refractivity contribution in [1.82, 2.24) is 4.40 Å². The van der Waals surface area contributed by atoms with Crippen molar-refractivity contribution in [2.45, 2.75) is 6.18 Å². The average Bonchev–Trinajstić information content (AvgIpc) is 2.87. The van der Waals surface area contributed by atoms with Crippen molar-refractivity contribution in [3.05, 3.63) is 68.3 Å². The third-order valence-electron chi connectivity index (χ3n) is 4.09. The van der Waals surface area contributed by atoms with Gasteiger partial charge in [-0.15, -0.1) is 0 Å². The minimum Gasteiger partial charge on any atom is -0.504 e. The second-order valence-electron chi connectivity index (χ2n) is 5.41. The number of aromatic nitrogens is 1. The van der Waals surface area contributed by atoms with Crippen LogP contribution in [0.5, 0.6) is 0 Å². The first kappa shape index (κ1) is 14.5. The molecule has 0 atom stereocenters. The van der Waals surface area contributed by atoms with Crippen molar-refractivity contribution < 1.29 is 18.3 Å². The number of benzene rings is 2. The number of hydrogen-bond donors (Lipinski definition) is 1. The van der Waals surface area contributed by atoms with E-state index in [9.17, 15) is 27.9 Å². The summed E-state index contributed by atoms with van der Waals surface area (Å²) in [7, 11) is 0. The van der Waals surface area contributed by atoms with Gasteiger partial charge in [0.1, 0.15) is 5.22 Å². The summed E-state index contributed by atoms with van der Waals surface area (Å²) in [5.74, 6) is -2.17. The summed E-state index contributed by atoms with van der Waals surface area (Å²) in [6.45, 7) is 0. The molecule has 0 aliphatic rings. The molecule has 0 saturated heterocycles. The van der Waals surface area contributed by atoms with Gasteiger partial charge in [0, 0.05) is 16.2 Å². The lowest BCUT2D eigenvalue weighted by atomic mass is 10.1. The van der Waals surface area contributed by atoms with Crippen LogP contribution < -0.4 is 16.2 Å². The van der Waals surface area contributed by atoms with E-state index in [0.717, 1.165) is 4.40 Å². The van der Waals surface area contributed by atoms with Gasteiger partial charge >= 0.3 is 6.18 Å². The van der Waals surface area contributed by atoms with Crippen LogP contribution in [0.4, 0.5) is 13.2 Å². The Morgan fingerprint density at radius 3 is 2.25 bits per heavy atom. The first-order chi connectivity index (χ1) is 11.3. The van der Waals surface area contributed by atoms with Gasteiger partial charge in [-0.2, -0.15) is 13.2 Å². The highest BCUT2D eigenvalue weighted by molar-refractivity contribution is 6.13. The normalized spacial score (nSPS) is 14.0. The van der Waals surface area contributed by atoms with E-state index in [0.29, 0.717) is 16.3 Å². The van der Waals surface area contributed by atoms with Gasteiger partial charge in [-0.25, -0.2) is 0 Å². The van der Waals surface area contributed by atoms with Crippen molar-refractivity contribution >= 4 is 33.0 Å². The van der Waals surface area contributed by atoms with Crippen molar-refractivity contribution in [2.75, 3.05) is 0 Å². The molecule has 4 nitrogen and oxygen atoms in total.